The highest BCUT2D eigenvalue weighted by Gasteiger charge is 2.33. The predicted octanol–water partition coefficient (Wildman–Crippen LogP) is 1.45. The first-order valence-corrected chi connectivity index (χ1v) is 9.48. The molecule has 2 aliphatic rings. The van der Waals surface area contributed by atoms with Crippen LogP contribution < -0.4 is 0 Å². The molecule has 2 saturated heterocycles. The number of nitrogens with zero attached hydrogens (tertiary/aromatic N) is 3. The Labute approximate surface area is 133 Å². The van der Waals surface area contributed by atoms with Crippen LogP contribution in [0.25, 0.3) is 0 Å². The third-order valence-corrected chi connectivity index (χ3v) is 6.61. The normalized spacial score (nSPS) is 22.2. The van der Waals surface area contributed by atoms with Crippen LogP contribution in [0.5, 0.6) is 0 Å². The number of benzene rings is 1. The molecule has 1 aromatic carbocycles. The smallest absolute Gasteiger partial charge is 0.282 e. The molecule has 0 radical (unpaired) electrons. The second-order valence-corrected chi connectivity index (χ2v) is 8.20. The molecule has 3 rings (SSSR count). The third-order valence-electron chi connectivity index (χ3n) is 4.58. The molecule has 0 bridgehead atoms. The van der Waals surface area contributed by atoms with Crippen molar-refractivity contribution < 1.29 is 8.42 Å². The molecule has 0 aromatic heterocycles. The maximum atomic E-state index is 12.5. The van der Waals surface area contributed by atoms with E-state index in [0.29, 0.717) is 26.2 Å². The van der Waals surface area contributed by atoms with E-state index >= 15 is 0 Å². The second-order valence-electron chi connectivity index (χ2n) is 6.27. The van der Waals surface area contributed by atoms with Gasteiger partial charge >= 0.3 is 0 Å². The minimum Gasteiger partial charge on any atom is -0.296 e. The number of aryl methyl sites for hydroxylation is 1. The van der Waals surface area contributed by atoms with Gasteiger partial charge in [-0.1, -0.05) is 29.8 Å². The van der Waals surface area contributed by atoms with Crippen molar-refractivity contribution in [2.45, 2.75) is 26.3 Å². The lowest BCUT2D eigenvalue weighted by molar-refractivity contribution is 0.176. The maximum Gasteiger partial charge on any atom is 0.282 e. The quantitative estimate of drug-likeness (QED) is 0.842. The van der Waals surface area contributed by atoms with E-state index in [0.717, 1.165) is 32.5 Å². The molecular weight excluding hydrogens is 298 g/mol. The standard InChI is InChI=1S/C16H25N3O2S/c1-15-4-6-16(7-5-15)14-17-10-12-19(13-11-17)22(20,21)18-8-2-3-9-18/h4-7H,2-3,8-14H2,1H3. The molecule has 2 heterocycles. The Bertz CT molecular complexity index is 586. The van der Waals surface area contributed by atoms with Crippen LogP contribution in [-0.4, -0.2) is 61.2 Å². The van der Waals surface area contributed by atoms with Gasteiger partial charge in [0.2, 0.25) is 0 Å². The van der Waals surface area contributed by atoms with E-state index in [1.807, 2.05) is 0 Å². The molecule has 0 aliphatic carbocycles. The fourth-order valence-electron chi connectivity index (χ4n) is 3.15. The summed E-state index contributed by atoms with van der Waals surface area (Å²) < 4.78 is 28.3. The highest BCUT2D eigenvalue weighted by molar-refractivity contribution is 7.86. The van der Waals surface area contributed by atoms with E-state index in [2.05, 4.69) is 36.1 Å². The van der Waals surface area contributed by atoms with Crippen molar-refractivity contribution in [2.75, 3.05) is 39.3 Å². The number of rotatable bonds is 4. The molecule has 0 atom stereocenters. The molecule has 1 aromatic rings. The largest absolute Gasteiger partial charge is 0.296 e. The highest BCUT2D eigenvalue weighted by atomic mass is 32.2. The number of hydrogen-bond acceptors (Lipinski definition) is 3. The zero-order valence-electron chi connectivity index (χ0n) is 13.2. The van der Waals surface area contributed by atoms with Gasteiger partial charge in [0, 0.05) is 45.8 Å². The molecule has 22 heavy (non-hydrogen) atoms. The average Bonchev–Trinajstić information content (AvgIpc) is 3.05. The van der Waals surface area contributed by atoms with Crippen molar-refractivity contribution in [3.05, 3.63) is 35.4 Å². The van der Waals surface area contributed by atoms with E-state index in [1.165, 1.54) is 11.1 Å². The van der Waals surface area contributed by atoms with Crippen molar-refractivity contribution >= 4 is 10.2 Å². The summed E-state index contributed by atoms with van der Waals surface area (Å²) in [6, 6.07) is 8.57. The number of hydrogen-bond donors (Lipinski definition) is 0. The number of piperazine rings is 1. The Morgan fingerprint density at radius 3 is 2.00 bits per heavy atom. The first kappa shape index (κ1) is 15.9. The lowest BCUT2D eigenvalue weighted by Crippen LogP contribution is -2.52. The van der Waals surface area contributed by atoms with Gasteiger partial charge in [0.15, 0.2) is 0 Å². The molecule has 122 valence electrons. The molecule has 0 N–H and O–H groups in total. The van der Waals surface area contributed by atoms with E-state index in [4.69, 9.17) is 0 Å². The van der Waals surface area contributed by atoms with E-state index in [9.17, 15) is 8.42 Å². The van der Waals surface area contributed by atoms with Crippen LogP contribution in [0.1, 0.15) is 24.0 Å². The topological polar surface area (TPSA) is 43.9 Å². The van der Waals surface area contributed by atoms with Gasteiger partial charge in [-0.05, 0) is 25.3 Å². The van der Waals surface area contributed by atoms with Crippen molar-refractivity contribution in [1.29, 1.82) is 0 Å². The summed E-state index contributed by atoms with van der Waals surface area (Å²) in [4.78, 5) is 2.33. The fourth-order valence-corrected chi connectivity index (χ4v) is 4.82. The maximum absolute atomic E-state index is 12.5. The van der Waals surface area contributed by atoms with Crippen LogP contribution in [0.3, 0.4) is 0 Å². The first-order chi connectivity index (χ1) is 10.6. The van der Waals surface area contributed by atoms with Crippen LogP contribution >= 0.6 is 0 Å². The SMILES string of the molecule is Cc1ccc(CN2CCN(S(=O)(=O)N3CCCC3)CC2)cc1. The van der Waals surface area contributed by atoms with Gasteiger partial charge in [-0.25, -0.2) is 0 Å². The summed E-state index contributed by atoms with van der Waals surface area (Å²) in [5, 5.41) is 0. The van der Waals surface area contributed by atoms with E-state index in [1.54, 1.807) is 8.61 Å². The van der Waals surface area contributed by atoms with Gasteiger partial charge in [-0.15, -0.1) is 0 Å². The first-order valence-electron chi connectivity index (χ1n) is 8.09. The summed E-state index contributed by atoms with van der Waals surface area (Å²) >= 11 is 0. The Balaban J connectivity index is 1.55. The van der Waals surface area contributed by atoms with Crippen molar-refractivity contribution in [2.24, 2.45) is 0 Å². The van der Waals surface area contributed by atoms with Gasteiger partial charge < -0.3 is 0 Å². The Kier molecular flexibility index (Phi) is 4.82. The Morgan fingerprint density at radius 2 is 1.41 bits per heavy atom. The Morgan fingerprint density at radius 1 is 0.864 bits per heavy atom. The molecular formula is C16H25N3O2S. The zero-order valence-corrected chi connectivity index (χ0v) is 14.1. The van der Waals surface area contributed by atoms with E-state index in [-0.39, 0.29) is 0 Å². The summed E-state index contributed by atoms with van der Waals surface area (Å²) in [7, 11) is -3.22. The molecule has 2 fully saturated rings. The monoisotopic (exact) mass is 323 g/mol. The minimum atomic E-state index is -3.22. The summed E-state index contributed by atoms with van der Waals surface area (Å²) in [6.45, 7) is 7.18. The molecule has 0 spiro atoms. The second kappa shape index (κ2) is 6.66. The van der Waals surface area contributed by atoms with Crippen molar-refractivity contribution in [3.8, 4) is 0 Å². The zero-order chi connectivity index (χ0) is 15.6. The van der Waals surface area contributed by atoms with Gasteiger partial charge in [-0.3, -0.25) is 4.90 Å². The molecule has 5 nitrogen and oxygen atoms in total. The molecule has 2 aliphatic heterocycles. The lowest BCUT2D eigenvalue weighted by atomic mass is 10.1. The van der Waals surface area contributed by atoms with Gasteiger partial charge in [0.25, 0.3) is 10.2 Å². The molecule has 0 saturated carbocycles. The van der Waals surface area contributed by atoms with Gasteiger partial charge in [0.05, 0.1) is 0 Å². The lowest BCUT2D eigenvalue weighted by Gasteiger charge is -2.35. The van der Waals surface area contributed by atoms with Crippen LogP contribution in [0, 0.1) is 6.92 Å². The van der Waals surface area contributed by atoms with Crippen LogP contribution in [0.4, 0.5) is 0 Å². The molecule has 0 unspecified atom stereocenters. The fraction of sp³-hybridized carbons (Fsp3) is 0.625. The third kappa shape index (κ3) is 3.51. The van der Waals surface area contributed by atoms with Crippen molar-refractivity contribution in [3.63, 3.8) is 0 Å². The molecule has 0 amide bonds. The van der Waals surface area contributed by atoms with Crippen LogP contribution in [-0.2, 0) is 16.8 Å². The van der Waals surface area contributed by atoms with Gasteiger partial charge in [0.1, 0.15) is 0 Å². The highest BCUT2D eigenvalue weighted by Crippen LogP contribution is 2.18. The van der Waals surface area contributed by atoms with Gasteiger partial charge in [-0.2, -0.15) is 17.0 Å². The Hall–Kier alpha value is -0.950. The van der Waals surface area contributed by atoms with Crippen LogP contribution in [0.15, 0.2) is 24.3 Å². The average molecular weight is 323 g/mol. The summed E-state index contributed by atoms with van der Waals surface area (Å²) in [6.07, 6.45) is 1.99. The predicted molar refractivity (Wildman–Crippen MR) is 87.8 cm³/mol. The summed E-state index contributed by atoms with van der Waals surface area (Å²) in [5.41, 5.74) is 2.56. The molecule has 6 heteroatoms. The van der Waals surface area contributed by atoms with Crippen molar-refractivity contribution in [1.82, 2.24) is 13.5 Å². The van der Waals surface area contributed by atoms with Crippen LogP contribution in [0.2, 0.25) is 0 Å². The van der Waals surface area contributed by atoms with E-state index < -0.39 is 10.2 Å². The minimum absolute atomic E-state index is 0.602. The summed E-state index contributed by atoms with van der Waals surface area (Å²) in [5.74, 6) is 0.